The summed E-state index contributed by atoms with van der Waals surface area (Å²) in [4.78, 5) is 11.5. The zero-order valence-electron chi connectivity index (χ0n) is 8.84. The van der Waals surface area contributed by atoms with Crippen LogP contribution in [0.25, 0.3) is 0 Å². The first kappa shape index (κ1) is 12.9. The van der Waals surface area contributed by atoms with E-state index < -0.39 is 11.8 Å². The van der Waals surface area contributed by atoms with E-state index in [2.05, 4.69) is 0 Å². The second-order valence-electron chi connectivity index (χ2n) is 3.24. The molecule has 1 aromatic carbocycles. The lowest BCUT2D eigenvalue weighted by Gasteiger charge is -2.10. The van der Waals surface area contributed by atoms with E-state index in [0.717, 1.165) is 6.07 Å². The van der Waals surface area contributed by atoms with Gasteiger partial charge in [0.1, 0.15) is 5.75 Å². The molecular weight excluding hydrogens is 238 g/mol. The second kappa shape index (κ2) is 5.25. The predicted molar refractivity (Wildman–Crippen MR) is 57.6 cm³/mol. The summed E-state index contributed by atoms with van der Waals surface area (Å²) in [6.07, 6.45) is -2.69. The quantitative estimate of drug-likeness (QED) is 0.603. The Balaban J connectivity index is 3.17. The van der Waals surface area contributed by atoms with Gasteiger partial charge in [0.25, 0.3) is 6.43 Å². The van der Waals surface area contributed by atoms with Crippen molar-refractivity contribution in [2.75, 3.05) is 7.11 Å². The van der Waals surface area contributed by atoms with Crippen molar-refractivity contribution in [1.29, 1.82) is 0 Å². The van der Waals surface area contributed by atoms with Gasteiger partial charge in [-0.25, -0.2) is 8.78 Å². The average molecular weight is 249 g/mol. The number of hydrogen-bond acceptors (Lipinski definition) is 2. The van der Waals surface area contributed by atoms with Crippen molar-refractivity contribution in [2.45, 2.75) is 18.7 Å². The van der Waals surface area contributed by atoms with Crippen molar-refractivity contribution < 1.29 is 18.3 Å². The van der Waals surface area contributed by atoms with Crippen LogP contribution in [-0.4, -0.2) is 18.3 Å². The van der Waals surface area contributed by atoms with Gasteiger partial charge in [-0.3, -0.25) is 4.79 Å². The molecule has 0 spiro atoms. The predicted octanol–water partition coefficient (Wildman–Crippen LogP) is 3.44. The number of benzene rings is 1. The lowest BCUT2D eigenvalue weighted by molar-refractivity contribution is 0.0991. The topological polar surface area (TPSA) is 26.3 Å². The smallest absolute Gasteiger partial charge is 0.267 e. The fraction of sp³-hybridized carbons (Fsp3) is 0.364. The third-order valence-electron chi connectivity index (χ3n) is 2.11. The van der Waals surface area contributed by atoms with Crippen LogP contribution in [0.1, 0.15) is 29.3 Å². The zero-order valence-corrected chi connectivity index (χ0v) is 9.59. The van der Waals surface area contributed by atoms with Crippen LogP contribution in [-0.2, 0) is 0 Å². The summed E-state index contributed by atoms with van der Waals surface area (Å²) in [5.74, 6) is -0.319. The van der Waals surface area contributed by atoms with Gasteiger partial charge in [-0.1, -0.05) is 0 Å². The van der Waals surface area contributed by atoms with Gasteiger partial charge in [0, 0.05) is 5.56 Å². The van der Waals surface area contributed by atoms with E-state index in [1.54, 1.807) is 0 Å². The fourth-order valence-corrected chi connectivity index (χ4v) is 1.41. The molecule has 0 bridgehead atoms. The molecule has 0 saturated heterocycles. The Bertz CT molecular complexity index is 392. The number of halogens is 3. The maximum atomic E-state index is 12.6. The van der Waals surface area contributed by atoms with Crippen molar-refractivity contribution in [1.82, 2.24) is 0 Å². The Kier molecular flexibility index (Phi) is 4.24. The maximum absolute atomic E-state index is 12.6. The molecule has 0 aromatic heterocycles. The molecule has 1 aromatic rings. The third kappa shape index (κ3) is 2.70. The molecule has 0 N–H and O–H groups in total. The number of rotatable bonds is 4. The molecule has 0 aliphatic carbocycles. The van der Waals surface area contributed by atoms with E-state index in [1.165, 1.54) is 26.2 Å². The largest absolute Gasteiger partial charge is 0.496 e. The van der Waals surface area contributed by atoms with Crippen molar-refractivity contribution in [3.63, 3.8) is 0 Å². The number of carbonyl (C=O) groups excluding carboxylic acids is 1. The monoisotopic (exact) mass is 248 g/mol. The fourth-order valence-electron chi connectivity index (χ4n) is 1.29. The van der Waals surface area contributed by atoms with Gasteiger partial charge in [0.05, 0.1) is 18.1 Å². The molecule has 0 heterocycles. The molecule has 1 rings (SSSR count). The van der Waals surface area contributed by atoms with Crippen LogP contribution in [0.5, 0.6) is 5.75 Å². The molecule has 0 amide bonds. The number of hydrogen-bond donors (Lipinski definition) is 0. The van der Waals surface area contributed by atoms with Crippen molar-refractivity contribution >= 4 is 17.4 Å². The molecule has 0 radical (unpaired) electrons. The Labute approximate surface area is 97.2 Å². The van der Waals surface area contributed by atoms with E-state index in [-0.39, 0.29) is 22.7 Å². The maximum Gasteiger partial charge on any atom is 0.267 e. The first-order valence-electron chi connectivity index (χ1n) is 4.61. The molecule has 88 valence electrons. The van der Waals surface area contributed by atoms with Gasteiger partial charge in [-0.15, -0.1) is 11.6 Å². The van der Waals surface area contributed by atoms with E-state index in [0.29, 0.717) is 0 Å². The van der Waals surface area contributed by atoms with E-state index in [9.17, 15) is 13.6 Å². The SMILES string of the molecule is COc1ccc(C(=O)C(C)Cl)cc1C(F)F. The summed E-state index contributed by atoms with van der Waals surface area (Å²) in [6, 6.07) is 3.88. The lowest BCUT2D eigenvalue weighted by atomic mass is 10.0. The standard InChI is InChI=1S/C11H11ClF2O2/c1-6(12)10(15)7-3-4-9(16-2)8(5-7)11(13)14/h3-6,11H,1-2H3. The Hall–Kier alpha value is -1.16. The molecular formula is C11H11ClF2O2. The number of ketones is 1. The number of methoxy groups -OCH3 is 1. The van der Waals surface area contributed by atoms with Gasteiger partial charge >= 0.3 is 0 Å². The minimum atomic E-state index is -2.69. The number of ether oxygens (including phenoxy) is 1. The third-order valence-corrected chi connectivity index (χ3v) is 2.31. The summed E-state index contributed by atoms with van der Waals surface area (Å²) in [7, 11) is 1.30. The van der Waals surface area contributed by atoms with E-state index >= 15 is 0 Å². The summed E-state index contributed by atoms with van der Waals surface area (Å²) < 4.78 is 30.0. The van der Waals surface area contributed by atoms with Crippen LogP contribution in [0.2, 0.25) is 0 Å². The van der Waals surface area contributed by atoms with Crippen LogP contribution in [0.4, 0.5) is 8.78 Å². The molecule has 1 unspecified atom stereocenters. The highest BCUT2D eigenvalue weighted by Crippen LogP contribution is 2.30. The molecule has 1 atom stereocenters. The summed E-state index contributed by atoms with van der Waals surface area (Å²) in [5.41, 5.74) is -0.135. The van der Waals surface area contributed by atoms with Gasteiger partial charge in [-0.05, 0) is 25.1 Å². The Morgan fingerprint density at radius 3 is 2.50 bits per heavy atom. The van der Waals surface area contributed by atoms with Gasteiger partial charge in [-0.2, -0.15) is 0 Å². The van der Waals surface area contributed by atoms with Crippen LogP contribution < -0.4 is 4.74 Å². The second-order valence-corrected chi connectivity index (χ2v) is 3.89. The Morgan fingerprint density at radius 2 is 2.06 bits per heavy atom. The van der Waals surface area contributed by atoms with Crippen molar-refractivity contribution in [2.24, 2.45) is 0 Å². The number of alkyl halides is 3. The van der Waals surface area contributed by atoms with Crippen LogP contribution in [0.15, 0.2) is 18.2 Å². The molecule has 0 fully saturated rings. The molecule has 5 heteroatoms. The average Bonchev–Trinajstić information content (AvgIpc) is 2.26. The molecule has 16 heavy (non-hydrogen) atoms. The summed E-state index contributed by atoms with van der Waals surface area (Å²) >= 11 is 5.60. The summed E-state index contributed by atoms with van der Waals surface area (Å²) in [6.45, 7) is 1.50. The minimum absolute atomic E-state index is 0.0637. The number of carbonyl (C=O) groups is 1. The van der Waals surface area contributed by atoms with Crippen LogP contribution in [0.3, 0.4) is 0 Å². The van der Waals surface area contributed by atoms with Gasteiger partial charge in [0.2, 0.25) is 0 Å². The number of Topliss-reactive ketones (excluding diaryl/α,β-unsaturated/α-hetero) is 1. The van der Waals surface area contributed by atoms with Crippen LogP contribution in [0, 0.1) is 0 Å². The van der Waals surface area contributed by atoms with Gasteiger partial charge in [0.15, 0.2) is 5.78 Å². The van der Waals surface area contributed by atoms with E-state index in [1.807, 2.05) is 0 Å². The molecule has 0 saturated carbocycles. The first-order valence-corrected chi connectivity index (χ1v) is 5.05. The van der Waals surface area contributed by atoms with Crippen molar-refractivity contribution in [3.8, 4) is 5.75 Å². The molecule has 2 nitrogen and oxygen atoms in total. The summed E-state index contributed by atoms with van der Waals surface area (Å²) in [5, 5.41) is -0.737. The van der Waals surface area contributed by atoms with Crippen molar-refractivity contribution in [3.05, 3.63) is 29.3 Å². The lowest BCUT2D eigenvalue weighted by Crippen LogP contribution is -2.11. The van der Waals surface area contributed by atoms with Crippen LogP contribution >= 0.6 is 11.6 Å². The Morgan fingerprint density at radius 1 is 1.44 bits per heavy atom. The highest BCUT2D eigenvalue weighted by atomic mass is 35.5. The van der Waals surface area contributed by atoms with E-state index in [4.69, 9.17) is 16.3 Å². The first-order chi connectivity index (χ1) is 7.47. The minimum Gasteiger partial charge on any atom is -0.496 e. The molecule has 0 aliphatic heterocycles. The molecule has 0 aliphatic rings. The van der Waals surface area contributed by atoms with Gasteiger partial charge < -0.3 is 4.74 Å². The zero-order chi connectivity index (χ0) is 12.3. The highest BCUT2D eigenvalue weighted by Gasteiger charge is 2.18. The highest BCUT2D eigenvalue weighted by molar-refractivity contribution is 6.33. The normalized spacial score (nSPS) is 12.6.